The molecule has 1 aromatic rings. The zero-order valence-electron chi connectivity index (χ0n) is 6.26. The summed E-state index contributed by atoms with van der Waals surface area (Å²) < 4.78 is 0.675. The molecule has 0 aliphatic heterocycles. The molecule has 0 amide bonds. The molecule has 0 aliphatic rings. The van der Waals surface area contributed by atoms with Crippen molar-refractivity contribution in [2.45, 2.75) is 19.8 Å². The Morgan fingerprint density at radius 2 is 2.27 bits per heavy atom. The number of nitriles is 1. The molecule has 0 saturated heterocycles. The van der Waals surface area contributed by atoms with Crippen LogP contribution in [0.5, 0.6) is 0 Å². The highest BCUT2D eigenvalue weighted by molar-refractivity contribution is 9.10. The molecule has 1 rings (SSSR count). The maximum atomic E-state index is 8.60. The second-order valence-electron chi connectivity index (χ2n) is 2.44. The predicted molar refractivity (Wildman–Crippen MR) is 48.6 cm³/mol. The van der Waals surface area contributed by atoms with Gasteiger partial charge in [-0.1, -0.05) is 13.8 Å². The van der Waals surface area contributed by atoms with Crippen LogP contribution in [-0.2, 0) is 0 Å². The highest BCUT2D eigenvalue weighted by Gasteiger charge is 2.09. The van der Waals surface area contributed by atoms with Crippen molar-refractivity contribution < 1.29 is 0 Å². The minimum absolute atomic E-state index is 0.401. The molecular formula is C7H7BrN2S. The highest BCUT2D eigenvalue weighted by atomic mass is 79.9. The maximum absolute atomic E-state index is 8.60. The van der Waals surface area contributed by atoms with Gasteiger partial charge in [0.05, 0.1) is 5.01 Å². The fourth-order valence-electron chi connectivity index (χ4n) is 0.633. The molecule has 2 nitrogen and oxygen atoms in total. The lowest BCUT2D eigenvalue weighted by Gasteiger charge is -1.94. The van der Waals surface area contributed by atoms with Crippen LogP contribution in [0.2, 0.25) is 0 Å². The van der Waals surface area contributed by atoms with Gasteiger partial charge in [0.2, 0.25) is 0 Å². The van der Waals surface area contributed by atoms with Gasteiger partial charge in [-0.25, -0.2) is 4.98 Å². The van der Waals surface area contributed by atoms with Crippen LogP contribution in [0.15, 0.2) is 4.60 Å². The summed E-state index contributed by atoms with van der Waals surface area (Å²) in [6, 6.07) is 2.08. The van der Waals surface area contributed by atoms with Crippen LogP contribution in [0.1, 0.15) is 29.7 Å². The van der Waals surface area contributed by atoms with E-state index in [-0.39, 0.29) is 0 Å². The van der Waals surface area contributed by atoms with Gasteiger partial charge >= 0.3 is 0 Å². The lowest BCUT2D eigenvalue weighted by atomic mass is 10.2. The Hall–Kier alpha value is -0.400. The average Bonchev–Trinajstić information content (AvgIpc) is 2.31. The molecule has 0 aliphatic carbocycles. The molecule has 58 valence electrons. The van der Waals surface area contributed by atoms with Crippen molar-refractivity contribution in [3.63, 3.8) is 0 Å². The first-order valence-corrected chi connectivity index (χ1v) is 4.82. The molecule has 0 bridgehead atoms. The summed E-state index contributed by atoms with van der Waals surface area (Å²) in [5.74, 6) is 0.401. The molecule has 0 radical (unpaired) electrons. The van der Waals surface area contributed by atoms with Crippen molar-refractivity contribution in [2.75, 3.05) is 0 Å². The smallest absolute Gasteiger partial charge is 0.139 e. The lowest BCUT2D eigenvalue weighted by molar-refractivity contribution is 0.849. The van der Waals surface area contributed by atoms with Crippen LogP contribution in [0.25, 0.3) is 0 Å². The molecule has 1 aromatic heterocycles. The zero-order chi connectivity index (χ0) is 8.43. The van der Waals surface area contributed by atoms with Gasteiger partial charge in [-0.3, -0.25) is 0 Å². The second-order valence-corrected chi connectivity index (χ2v) is 4.22. The molecule has 0 saturated carbocycles. The number of thiazole rings is 1. The van der Waals surface area contributed by atoms with E-state index in [2.05, 4.69) is 40.8 Å². The zero-order valence-corrected chi connectivity index (χ0v) is 8.66. The van der Waals surface area contributed by atoms with Crippen LogP contribution in [0.4, 0.5) is 0 Å². The summed E-state index contributed by atoms with van der Waals surface area (Å²) in [6.45, 7) is 4.12. The average molecular weight is 231 g/mol. The Kier molecular flexibility index (Phi) is 2.63. The number of halogens is 1. The fraction of sp³-hybridized carbons (Fsp3) is 0.429. The Morgan fingerprint density at radius 1 is 1.64 bits per heavy atom. The first-order chi connectivity index (χ1) is 5.15. The SMILES string of the molecule is CC(C)c1nc(Br)c(C#N)s1. The van der Waals surface area contributed by atoms with E-state index >= 15 is 0 Å². The highest BCUT2D eigenvalue weighted by Crippen LogP contribution is 2.27. The van der Waals surface area contributed by atoms with Crippen LogP contribution < -0.4 is 0 Å². The van der Waals surface area contributed by atoms with Crippen LogP contribution >= 0.6 is 27.3 Å². The van der Waals surface area contributed by atoms with E-state index in [0.717, 1.165) is 5.01 Å². The summed E-state index contributed by atoms with van der Waals surface area (Å²) in [4.78, 5) is 4.85. The van der Waals surface area contributed by atoms with E-state index < -0.39 is 0 Å². The van der Waals surface area contributed by atoms with Gasteiger partial charge in [-0.15, -0.1) is 11.3 Å². The number of hydrogen-bond acceptors (Lipinski definition) is 3. The van der Waals surface area contributed by atoms with Crippen LogP contribution in [-0.4, -0.2) is 4.98 Å². The third kappa shape index (κ3) is 1.79. The largest absolute Gasteiger partial charge is 0.233 e. The molecule has 1 heterocycles. The number of hydrogen-bond donors (Lipinski definition) is 0. The van der Waals surface area contributed by atoms with E-state index in [4.69, 9.17) is 5.26 Å². The predicted octanol–water partition coefficient (Wildman–Crippen LogP) is 2.90. The minimum atomic E-state index is 0.401. The molecule has 0 fully saturated rings. The van der Waals surface area contributed by atoms with Gasteiger partial charge in [0.15, 0.2) is 0 Å². The molecule has 0 spiro atoms. The first-order valence-electron chi connectivity index (χ1n) is 3.21. The molecule has 0 atom stereocenters. The van der Waals surface area contributed by atoms with Crippen LogP contribution in [0.3, 0.4) is 0 Å². The molecule has 4 heteroatoms. The Labute approximate surface area is 78.0 Å². The summed E-state index contributed by atoms with van der Waals surface area (Å²) >= 11 is 4.67. The fourth-order valence-corrected chi connectivity index (χ4v) is 2.03. The Bertz CT molecular complexity index is 298. The van der Waals surface area contributed by atoms with E-state index in [0.29, 0.717) is 15.4 Å². The number of rotatable bonds is 1. The monoisotopic (exact) mass is 230 g/mol. The molecule has 0 unspecified atom stereocenters. The number of nitrogens with zero attached hydrogens (tertiary/aromatic N) is 2. The van der Waals surface area contributed by atoms with Crippen LogP contribution in [0, 0.1) is 11.3 Å². The van der Waals surface area contributed by atoms with Gasteiger partial charge in [0.25, 0.3) is 0 Å². The van der Waals surface area contributed by atoms with Crippen molar-refractivity contribution in [3.05, 3.63) is 14.5 Å². The van der Waals surface area contributed by atoms with Gasteiger partial charge in [0.1, 0.15) is 15.5 Å². The summed E-state index contributed by atoms with van der Waals surface area (Å²) in [7, 11) is 0. The van der Waals surface area contributed by atoms with Gasteiger partial charge in [0, 0.05) is 5.92 Å². The van der Waals surface area contributed by atoms with E-state index in [1.54, 1.807) is 0 Å². The molecule has 11 heavy (non-hydrogen) atoms. The van der Waals surface area contributed by atoms with Crippen molar-refractivity contribution in [1.29, 1.82) is 5.26 Å². The van der Waals surface area contributed by atoms with Gasteiger partial charge < -0.3 is 0 Å². The summed E-state index contributed by atoms with van der Waals surface area (Å²) in [5.41, 5.74) is 0. The first kappa shape index (κ1) is 8.69. The van der Waals surface area contributed by atoms with E-state index in [1.165, 1.54) is 11.3 Å². The Balaban J connectivity index is 3.07. The third-order valence-corrected chi connectivity index (χ3v) is 3.29. The normalized spacial score (nSPS) is 10.1. The molecule has 0 N–H and O–H groups in total. The van der Waals surface area contributed by atoms with E-state index in [1.807, 2.05) is 0 Å². The summed E-state index contributed by atoms with van der Waals surface area (Å²) in [5, 5.41) is 9.61. The van der Waals surface area contributed by atoms with Gasteiger partial charge in [-0.05, 0) is 15.9 Å². The third-order valence-electron chi connectivity index (χ3n) is 1.20. The van der Waals surface area contributed by atoms with Gasteiger partial charge in [-0.2, -0.15) is 5.26 Å². The molecule has 0 aromatic carbocycles. The van der Waals surface area contributed by atoms with Crippen molar-refractivity contribution in [2.24, 2.45) is 0 Å². The van der Waals surface area contributed by atoms with E-state index in [9.17, 15) is 0 Å². The minimum Gasteiger partial charge on any atom is -0.233 e. The van der Waals surface area contributed by atoms with Crippen molar-refractivity contribution >= 4 is 27.3 Å². The van der Waals surface area contributed by atoms with Crippen molar-refractivity contribution in [1.82, 2.24) is 4.98 Å². The summed E-state index contributed by atoms with van der Waals surface area (Å²) in [6.07, 6.45) is 0. The Morgan fingerprint density at radius 3 is 2.55 bits per heavy atom. The van der Waals surface area contributed by atoms with Crippen molar-refractivity contribution in [3.8, 4) is 6.07 Å². The number of aromatic nitrogens is 1. The molecular weight excluding hydrogens is 224 g/mol. The lowest BCUT2D eigenvalue weighted by Crippen LogP contribution is -1.82. The quantitative estimate of drug-likeness (QED) is 0.745. The maximum Gasteiger partial charge on any atom is 0.139 e. The second kappa shape index (κ2) is 3.33. The standard InChI is InChI=1S/C7H7BrN2S/c1-4(2)7-10-6(8)5(3-9)11-7/h4H,1-2H3. The topological polar surface area (TPSA) is 36.7 Å².